The highest BCUT2D eigenvalue weighted by atomic mass is 32.2. The van der Waals surface area contributed by atoms with Crippen LogP contribution in [0.1, 0.15) is 48.1 Å². The monoisotopic (exact) mass is 779 g/mol. The summed E-state index contributed by atoms with van der Waals surface area (Å²) in [6.07, 6.45) is -1.66. The molecule has 1 aliphatic rings. The summed E-state index contributed by atoms with van der Waals surface area (Å²) in [5.41, 5.74) is 10.2. The molecule has 0 aliphatic carbocycles. The lowest BCUT2D eigenvalue weighted by molar-refractivity contribution is -0.148. The molecule has 0 aromatic heterocycles. The number of amides is 5. The number of primary amides is 1. The number of carbonyl (C=O) groups is 5. The topological polar surface area (TPSA) is 180 Å². The number of carbonyl (C=O) groups excluding carboxylic acids is 5. The van der Waals surface area contributed by atoms with Crippen LogP contribution < -0.4 is 26.4 Å². The van der Waals surface area contributed by atoms with Crippen molar-refractivity contribution in [1.82, 2.24) is 20.9 Å². The van der Waals surface area contributed by atoms with Crippen LogP contribution in [0.4, 0.5) is 0 Å². The summed E-state index contributed by atoms with van der Waals surface area (Å²) < 4.78 is 5.04. The minimum absolute atomic E-state index is 0.0215. The van der Waals surface area contributed by atoms with Crippen molar-refractivity contribution in [2.24, 2.45) is 5.73 Å². The van der Waals surface area contributed by atoms with Crippen molar-refractivity contribution in [1.29, 1.82) is 0 Å². The van der Waals surface area contributed by atoms with E-state index in [1.807, 2.05) is 99.6 Å². The van der Waals surface area contributed by atoms with Gasteiger partial charge in [0.25, 0.3) is 11.8 Å². The highest BCUT2D eigenvalue weighted by Crippen LogP contribution is 2.40. The largest absolute Gasteiger partial charge is 0.484 e. The van der Waals surface area contributed by atoms with Gasteiger partial charge in [-0.25, -0.2) is 0 Å². The van der Waals surface area contributed by atoms with Gasteiger partial charge < -0.3 is 36.4 Å². The maximum Gasteiger partial charge on any atom is 0.258 e. The molecule has 0 saturated carbocycles. The number of aliphatic hydroxyl groups excluding tert-OH is 1. The summed E-state index contributed by atoms with van der Waals surface area (Å²) in [5.74, 6) is -2.93. The third-order valence-electron chi connectivity index (χ3n) is 9.63. The Balaban J connectivity index is 1.27. The highest BCUT2D eigenvalue weighted by Gasteiger charge is 2.50. The van der Waals surface area contributed by atoms with Crippen LogP contribution in [0.5, 0.6) is 5.75 Å². The summed E-state index contributed by atoms with van der Waals surface area (Å²) in [6, 6.07) is 30.2. The first-order chi connectivity index (χ1) is 26.8. The molecule has 0 unspecified atom stereocenters. The molecule has 4 atom stereocenters. The van der Waals surface area contributed by atoms with Crippen LogP contribution in [-0.2, 0) is 43.4 Å². The molecule has 0 bridgehead atoms. The predicted molar refractivity (Wildman–Crippen MR) is 215 cm³/mol. The van der Waals surface area contributed by atoms with Gasteiger partial charge in [0.2, 0.25) is 17.7 Å². The highest BCUT2D eigenvalue weighted by molar-refractivity contribution is 8.00. The smallest absolute Gasteiger partial charge is 0.258 e. The van der Waals surface area contributed by atoms with Crippen molar-refractivity contribution in [3.8, 4) is 5.75 Å². The molecule has 13 heteroatoms. The summed E-state index contributed by atoms with van der Waals surface area (Å²) in [5, 5.41) is 19.9. The molecule has 4 aromatic rings. The fraction of sp³-hybridized carbons (Fsp3) is 0.326. The second-order valence-electron chi connectivity index (χ2n) is 14.4. The number of nitrogens with two attached hydrogens (primary N) is 1. The van der Waals surface area contributed by atoms with Crippen LogP contribution in [0.3, 0.4) is 0 Å². The second kappa shape index (κ2) is 19.3. The Labute approximate surface area is 331 Å². The molecule has 0 radical (unpaired) electrons. The standard InChI is InChI=1S/C43H49N5O7S/c1-28-13-10-11-19-32(28)25-45-41(53)39-43(2,3)56-27-48(39)42(54)38(51)34(23-30-16-8-5-9-17-30)47-40(52)35(24-36(44)49)46-37(50)26-55-33-20-12-18-31(22-33)21-29-14-6-4-7-15-29/h4-20,22,34-35,38-39,51H,21,23-27H2,1-3H3,(H2,44,49)(H,45,53)(H,46,50)(H,47,52)/t34-,35-,38-,39+/m0/s1. The van der Waals surface area contributed by atoms with Gasteiger partial charge in [-0.1, -0.05) is 97.1 Å². The number of hydrogen-bond acceptors (Lipinski definition) is 8. The molecule has 56 heavy (non-hydrogen) atoms. The van der Waals surface area contributed by atoms with Crippen LogP contribution in [0.25, 0.3) is 0 Å². The number of aliphatic hydroxyl groups is 1. The lowest BCUT2D eigenvalue weighted by Gasteiger charge is -2.33. The molecule has 5 rings (SSSR count). The minimum atomic E-state index is -1.79. The first-order valence-electron chi connectivity index (χ1n) is 18.4. The van der Waals surface area contributed by atoms with Crippen molar-refractivity contribution in [2.75, 3.05) is 12.5 Å². The number of nitrogens with one attached hydrogen (secondary N) is 3. The molecule has 0 spiro atoms. The lowest BCUT2D eigenvalue weighted by atomic mass is 9.96. The summed E-state index contributed by atoms with van der Waals surface area (Å²) in [7, 11) is 0. The van der Waals surface area contributed by atoms with Gasteiger partial charge in [0.15, 0.2) is 12.7 Å². The zero-order chi connectivity index (χ0) is 40.2. The van der Waals surface area contributed by atoms with E-state index in [0.29, 0.717) is 17.7 Å². The van der Waals surface area contributed by atoms with E-state index in [1.165, 1.54) is 16.7 Å². The maximum atomic E-state index is 14.1. The number of aryl methyl sites for hydroxylation is 1. The SMILES string of the molecule is Cc1ccccc1CNC(=O)[C@H]1N(C(=O)[C@@H](O)[C@H](Cc2ccccc2)NC(=O)[C@H](CC(N)=O)NC(=O)COc2cccc(Cc3ccccc3)c2)CSC1(C)C. The first kappa shape index (κ1) is 41.5. The third kappa shape index (κ3) is 11.4. The van der Waals surface area contributed by atoms with Crippen molar-refractivity contribution >= 4 is 41.3 Å². The fourth-order valence-corrected chi connectivity index (χ4v) is 7.75. The van der Waals surface area contributed by atoms with Gasteiger partial charge in [-0.05, 0) is 73.6 Å². The van der Waals surface area contributed by atoms with Crippen LogP contribution in [0.2, 0.25) is 0 Å². The maximum absolute atomic E-state index is 14.1. The van der Waals surface area contributed by atoms with Gasteiger partial charge in [-0.2, -0.15) is 0 Å². The molecule has 1 heterocycles. The van der Waals surface area contributed by atoms with E-state index in [4.69, 9.17) is 10.5 Å². The zero-order valence-electron chi connectivity index (χ0n) is 31.8. The van der Waals surface area contributed by atoms with E-state index in [1.54, 1.807) is 30.3 Å². The first-order valence-corrected chi connectivity index (χ1v) is 19.4. The Morgan fingerprint density at radius 2 is 1.52 bits per heavy atom. The van der Waals surface area contributed by atoms with E-state index in [9.17, 15) is 29.1 Å². The number of thioether (sulfide) groups is 1. The van der Waals surface area contributed by atoms with Gasteiger partial charge in [0.05, 0.1) is 18.3 Å². The van der Waals surface area contributed by atoms with E-state index < -0.39 is 65.6 Å². The van der Waals surface area contributed by atoms with Gasteiger partial charge in [0, 0.05) is 11.3 Å². The quantitative estimate of drug-likeness (QED) is 0.108. The molecular formula is C43H49N5O7S. The van der Waals surface area contributed by atoms with Crippen LogP contribution in [0, 0.1) is 6.92 Å². The second-order valence-corrected chi connectivity index (χ2v) is 16.0. The zero-order valence-corrected chi connectivity index (χ0v) is 32.6. The van der Waals surface area contributed by atoms with E-state index in [0.717, 1.165) is 22.3 Å². The molecule has 4 aromatic carbocycles. The van der Waals surface area contributed by atoms with Crippen LogP contribution in [-0.4, -0.2) is 81.0 Å². The van der Waals surface area contributed by atoms with Crippen molar-refractivity contribution in [3.05, 3.63) is 137 Å². The molecular weight excluding hydrogens is 731 g/mol. The van der Waals surface area contributed by atoms with Gasteiger partial charge >= 0.3 is 0 Å². The molecule has 294 valence electrons. The van der Waals surface area contributed by atoms with Gasteiger partial charge in [0.1, 0.15) is 17.8 Å². The summed E-state index contributed by atoms with van der Waals surface area (Å²) in [4.78, 5) is 68.1. The normalized spacial score (nSPS) is 16.2. The van der Waals surface area contributed by atoms with Gasteiger partial charge in [-0.3, -0.25) is 24.0 Å². The third-order valence-corrected chi connectivity index (χ3v) is 11.0. The number of rotatable bonds is 17. The number of nitrogens with zero attached hydrogens (tertiary/aromatic N) is 1. The van der Waals surface area contributed by atoms with E-state index in [-0.39, 0.29) is 24.7 Å². The summed E-state index contributed by atoms with van der Waals surface area (Å²) >= 11 is 1.40. The molecule has 1 fully saturated rings. The fourth-order valence-electron chi connectivity index (χ4n) is 6.61. The molecule has 1 saturated heterocycles. The number of hydrogen-bond donors (Lipinski definition) is 5. The Morgan fingerprint density at radius 1 is 0.875 bits per heavy atom. The average molecular weight is 780 g/mol. The molecule has 5 amide bonds. The van der Waals surface area contributed by atoms with Gasteiger partial charge in [-0.15, -0.1) is 11.8 Å². The van der Waals surface area contributed by atoms with Crippen molar-refractivity contribution in [2.45, 2.75) is 75.6 Å². The van der Waals surface area contributed by atoms with Crippen molar-refractivity contribution in [3.63, 3.8) is 0 Å². The Kier molecular flexibility index (Phi) is 14.3. The average Bonchev–Trinajstić information content (AvgIpc) is 3.50. The molecule has 12 nitrogen and oxygen atoms in total. The van der Waals surface area contributed by atoms with E-state index >= 15 is 0 Å². The molecule has 1 aliphatic heterocycles. The number of ether oxygens (including phenoxy) is 1. The minimum Gasteiger partial charge on any atom is -0.484 e. The lowest BCUT2D eigenvalue weighted by Crippen LogP contribution is -2.60. The summed E-state index contributed by atoms with van der Waals surface area (Å²) in [6.45, 7) is 5.48. The predicted octanol–water partition coefficient (Wildman–Crippen LogP) is 3.41. The Bertz CT molecular complexity index is 1990. The number of benzene rings is 4. The van der Waals surface area contributed by atoms with Crippen molar-refractivity contribution < 1.29 is 33.8 Å². The van der Waals surface area contributed by atoms with E-state index in [2.05, 4.69) is 16.0 Å². The van der Waals surface area contributed by atoms with Crippen LogP contribution >= 0.6 is 11.8 Å². The Hall–Kier alpha value is -5.66. The Morgan fingerprint density at radius 3 is 2.20 bits per heavy atom. The molecule has 6 N–H and O–H groups in total. The van der Waals surface area contributed by atoms with Crippen LogP contribution in [0.15, 0.2) is 109 Å².